The first-order valence-corrected chi connectivity index (χ1v) is 12.2. The zero-order chi connectivity index (χ0) is 25.6. The molecule has 0 N–H and O–H groups in total. The number of carbonyl (C=O) groups excluding carboxylic acids is 1. The molecule has 0 saturated heterocycles. The summed E-state index contributed by atoms with van der Waals surface area (Å²) in [6, 6.07) is 45.3. The van der Waals surface area contributed by atoms with Crippen LogP contribution in [0.25, 0.3) is 22.3 Å². The van der Waals surface area contributed by atoms with Crippen LogP contribution in [-0.2, 0) is 4.79 Å². The van der Waals surface area contributed by atoms with Crippen LogP contribution in [0, 0.1) is 0 Å². The van der Waals surface area contributed by atoms with Crippen LogP contribution in [0.5, 0.6) is 5.75 Å². The van der Waals surface area contributed by atoms with Crippen LogP contribution in [-0.4, -0.2) is 5.97 Å². The Kier molecular flexibility index (Phi) is 6.95. The summed E-state index contributed by atoms with van der Waals surface area (Å²) in [4.78, 5) is 14.1. The number of benzene rings is 5. The SMILES string of the molecule is C=C(C)C(=O)Oc1ccc(N(c2ccc(-c3ccccc3)cc2)c2ccc(-c3ccccc3)cc2)cc1. The fourth-order valence-corrected chi connectivity index (χ4v) is 4.17. The largest absolute Gasteiger partial charge is 0.423 e. The van der Waals surface area contributed by atoms with E-state index < -0.39 is 5.97 Å². The number of rotatable bonds is 7. The molecule has 0 amide bonds. The van der Waals surface area contributed by atoms with Gasteiger partial charge in [-0.05, 0) is 77.7 Å². The predicted octanol–water partition coefficient (Wildman–Crippen LogP) is 8.97. The van der Waals surface area contributed by atoms with E-state index in [1.54, 1.807) is 19.1 Å². The molecule has 0 fully saturated rings. The van der Waals surface area contributed by atoms with Crippen molar-refractivity contribution in [3.05, 3.63) is 146 Å². The van der Waals surface area contributed by atoms with Crippen LogP contribution >= 0.6 is 0 Å². The third-order valence-corrected chi connectivity index (χ3v) is 6.12. The van der Waals surface area contributed by atoms with Crippen molar-refractivity contribution >= 4 is 23.0 Å². The van der Waals surface area contributed by atoms with Crippen LogP contribution in [0.4, 0.5) is 17.1 Å². The van der Waals surface area contributed by atoms with Gasteiger partial charge >= 0.3 is 5.97 Å². The molecule has 0 aliphatic heterocycles. The number of hydrogen-bond donors (Lipinski definition) is 0. The van der Waals surface area contributed by atoms with Gasteiger partial charge in [0, 0.05) is 22.6 Å². The number of hydrogen-bond acceptors (Lipinski definition) is 3. The van der Waals surface area contributed by atoms with Gasteiger partial charge in [0.1, 0.15) is 5.75 Å². The van der Waals surface area contributed by atoms with Crippen molar-refractivity contribution < 1.29 is 9.53 Å². The maximum absolute atomic E-state index is 11.9. The summed E-state index contributed by atoms with van der Waals surface area (Å²) in [5.41, 5.74) is 8.04. The standard InChI is InChI=1S/C34H27NO2/c1-25(2)34(36)37-33-23-21-32(22-24-33)35(30-17-13-28(14-18-30)26-9-5-3-6-10-26)31-19-15-29(16-20-31)27-11-7-4-8-12-27/h3-24H,1H2,2H3. The lowest BCUT2D eigenvalue weighted by molar-refractivity contribution is -0.130. The molecule has 0 unspecified atom stereocenters. The molecular weight excluding hydrogens is 454 g/mol. The van der Waals surface area contributed by atoms with Gasteiger partial charge in [0.15, 0.2) is 0 Å². The Morgan fingerprint density at radius 3 is 1.27 bits per heavy atom. The molecule has 0 spiro atoms. The first-order chi connectivity index (χ1) is 18.1. The molecular formula is C34H27NO2. The second kappa shape index (κ2) is 10.8. The monoisotopic (exact) mass is 481 g/mol. The molecule has 0 radical (unpaired) electrons. The minimum absolute atomic E-state index is 0.364. The Balaban J connectivity index is 1.50. The van der Waals surface area contributed by atoms with Gasteiger partial charge in [-0.2, -0.15) is 0 Å². The first kappa shape index (κ1) is 23.8. The molecule has 0 heterocycles. The molecule has 0 aromatic heterocycles. The van der Waals surface area contributed by atoms with Gasteiger partial charge in [0.2, 0.25) is 0 Å². The van der Waals surface area contributed by atoms with Crippen molar-refractivity contribution in [2.75, 3.05) is 4.90 Å². The zero-order valence-electron chi connectivity index (χ0n) is 20.7. The maximum atomic E-state index is 11.9. The number of nitrogens with zero attached hydrogens (tertiary/aromatic N) is 1. The summed E-state index contributed by atoms with van der Waals surface area (Å²) >= 11 is 0. The van der Waals surface area contributed by atoms with Crippen molar-refractivity contribution in [1.29, 1.82) is 0 Å². The first-order valence-electron chi connectivity index (χ1n) is 12.2. The lowest BCUT2D eigenvalue weighted by atomic mass is 10.0. The van der Waals surface area contributed by atoms with Gasteiger partial charge in [-0.3, -0.25) is 0 Å². The average Bonchev–Trinajstić information content (AvgIpc) is 2.96. The van der Waals surface area contributed by atoms with Gasteiger partial charge in [0.05, 0.1) is 0 Å². The van der Waals surface area contributed by atoms with E-state index in [2.05, 4.69) is 84.3 Å². The molecule has 37 heavy (non-hydrogen) atoms. The highest BCUT2D eigenvalue weighted by Crippen LogP contribution is 2.37. The van der Waals surface area contributed by atoms with E-state index in [1.165, 1.54) is 11.1 Å². The zero-order valence-corrected chi connectivity index (χ0v) is 20.7. The molecule has 0 bridgehead atoms. The molecule has 5 rings (SSSR count). The second-order valence-electron chi connectivity index (χ2n) is 8.82. The number of anilines is 3. The summed E-state index contributed by atoms with van der Waals surface area (Å²) in [6.07, 6.45) is 0. The Bertz CT molecular complexity index is 1410. The van der Waals surface area contributed by atoms with E-state index >= 15 is 0 Å². The summed E-state index contributed by atoms with van der Waals surface area (Å²) in [7, 11) is 0. The molecule has 3 heteroatoms. The van der Waals surface area contributed by atoms with E-state index in [0.717, 1.165) is 28.2 Å². The molecule has 5 aromatic rings. The Morgan fingerprint density at radius 1 is 0.541 bits per heavy atom. The van der Waals surface area contributed by atoms with E-state index in [4.69, 9.17) is 4.74 Å². The van der Waals surface area contributed by atoms with Gasteiger partial charge in [-0.15, -0.1) is 0 Å². The van der Waals surface area contributed by atoms with Crippen LogP contribution in [0.3, 0.4) is 0 Å². The van der Waals surface area contributed by atoms with Crippen LogP contribution < -0.4 is 9.64 Å². The number of ether oxygens (including phenoxy) is 1. The smallest absolute Gasteiger partial charge is 0.338 e. The quantitative estimate of drug-likeness (QED) is 0.132. The molecule has 0 aliphatic rings. The van der Waals surface area contributed by atoms with Crippen LogP contribution in [0.1, 0.15) is 6.92 Å². The summed E-state index contributed by atoms with van der Waals surface area (Å²) in [5, 5.41) is 0. The molecule has 0 atom stereocenters. The fraction of sp³-hybridized carbons (Fsp3) is 0.0294. The average molecular weight is 482 g/mol. The lowest BCUT2D eigenvalue weighted by Gasteiger charge is -2.26. The number of carbonyl (C=O) groups is 1. The van der Waals surface area contributed by atoms with Crippen LogP contribution in [0.15, 0.2) is 146 Å². The Labute approximate surface area is 217 Å². The minimum Gasteiger partial charge on any atom is -0.423 e. The molecule has 5 aromatic carbocycles. The van der Waals surface area contributed by atoms with Crippen molar-refractivity contribution in [1.82, 2.24) is 0 Å². The number of esters is 1. The van der Waals surface area contributed by atoms with E-state index in [9.17, 15) is 4.79 Å². The van der Waals surface area contributed by atoms with E-state index in [-0.39, 0.29) is 0 Å². The van der Waals surface area contributed by atoms with Crippen LogP contribution in [0.2, 0.25) is 0 Å². The fourth-order valence-electron chi connectivity index (χ4n) is 4.17. The molecule has 180 valence electrons. The normalized spacial score (nSPS) is 10.5. The summed E-state index contributed by atoms with van der Waals surface area (Å²) in [6.45, 7) is 5.29. The molecule has 0 aliphatic carbocycles. The molecule has 3 nitrogen and oxygen atoms in total. The highest BCUT2D eigenvalue weighted by Gasteiger charge is 2.14. The van der Waals surface area contributed by atoms with Crippen molar-refractivity contribution in [3.63, 3.8) is 0 Å². The highest BCUT2D eigenvalue weighted by molar-refractivity contribution is 5.89. The third kappa shape index (κ3) is 5.52. The Hall–Kier alpha value is -4.89. The van der Waals surface area contributed by atoms with E-state index in [1.807, 2.05) is 48.5 Å². The van der Waals surface area contributed by atoms with Gasteiger partial charge in [-0.1, -0.05) is 91.5 Å². The van der Waals surface area contributed by atoms with Gasteiger partial charge in [0.25, 0.3) is 0 Å². The van der Waals surface area contributed by atoms with Crippen molar-refractivity contribution in [3.8, 4) is 28.0 Å². The van der Waals surface area contributed by atoms with Crippen molar-refractivity contribution in [2.24, 2.45) is 0 Å². The minimum atomic E-state index is -0.433. The predicted molar refractivity (Wildman–Crippen MR) is 152 cm³/mol. The topological polar surface area (TPSA) is 29.5 Å². The maximum Gasteiger partial charge on any atom is 0.338 e. The lowest BCUT2D eigenvalue weighted by Crippen LogP contribution is -2.11. The van der Waals surface area contributed by atoms with Gasteiger partial charge < -0.3 is 9.64 Å². The summed E-state index contributed by atoms with van der Waals surface area (Å²) in [5.74, 6) is 0.0492. The summed E-state index contributed by atoms with van der Waals surface area (Å²) < 4.78 is 5.39. The highest BCUT2D eigenvalue weighted by atomic mass is 16.5. The van der Waals surface area contributed by atoms with Crippen molar-refractivity contribution in [2.45, 2.75) is 6.92 Å². The van der Waals surface area contributed by atoms with E-state index in [0.29, 0.717) is 11.3 Å². The Morgan fingerprint density at radius 2 is 0.892 bits per heavy atom. The third-order valence-electron chi connectivity index (χ3n) is 6.12. The second-order valence-corrected chi connectivity index (χ2v) is 8.82. The molecule has 0 saturated carbocycles. The van der Waals surface area contributed by atoms with Gasteiger partial charge in [-0.25, -0.2) is 4.79 Å².